The molecule has 0 saturated carbocycles. The number of anilines is 3. The smallest absolute Gasteiger partial charge is 0.132 e. The lowest BCUT2D eigenvalue weighted by molar-refractivity contribution is 0.436. The second kappa shape index (κ2) is 15.2. The Hall–Kier alpha value is -9.18. The van der Waals surface area contributed by atoms with Gasteiger partial charge in [-0.25, -0.2) is 0 Å². The van der Waals surface area contributed by atoms with E-state index in [0.29, 0.717) is 0 Å². The number of rotatable bonds is 5. The summed E-state index contributed by atoms with van der Waals surface area (Å²) in [4.78, 5) is 2.53. The summed E-state index contributed by atoms with van der Waals surface area (Å²) in [5.41, 5.74) is 21.1. The molecule has 0 fully saturated rings. The van der Waals surface area contributed by atoms with Gasteiger partial charge in [-0.2, -0.15) is 0 Å². The van der Waals surface area contributed by atoms with Crippen molar-refractivity contribution in [3.05, 3.63) is 305 Å². The van der Waals surface area contributed by atoms with Crippen LogP contribution in [-0.4, -0.2) is 0 Å². The molecule has 2 spiro atoms. The second-order valence-corrected chi connectivity index (χ2v) is 19.0. The predicted molar refractivity (Wildman–Crippen MR) is 287 cm³/mol. The quantitative estimate of drug-likeness (QED) is 0.172. The van der Waals surface area contributed by atoms with Crippen molar-refractivity contribution in [2.75, 3.05) is 4.90 Å². The van der Waals surface area contributed by atoms with E-state index in [4.69, 9.17) is 9.47 Å². The van der Waals surface area contributed by atoms with E-state index in [1.165, 1.54) is 55.6 Å². The van der Waals surface area contributed by atoms with Gasteiger partial charge in [0.05, 0.1) is 22.2 Å². The molecular formula is C68H43NO2. The Morgan fingerprint density at radius 2 is 0.634 bits per heavy atom. The summed E-state index contributed by atoms with van der Waals surface area (Å²) in [5, 5.41) is 0. The first-order valence-corrected chi connectivity index (χ1v) is 24.5. The molecule has 0 saturated heterocycles. The Morgan fingerprint density at radius 1 is 0.254 bits per heavy atom. The lowest BCUT2D eigenvalue weighted by Gasteiger charge is -2.39. The predicted octanol–water partition coefficient (Wildman–Crippen LogP) is 17.4. The van der Waals surface area contributed by atoms with Crippen molar-refractivity contribution in [3.63, 3.8) is 0 Å². The van der Waals surface area contributed by atoms with Gasteiger partial charge in [0, 0.05) is 39.1 Å². The van der Waals surface area contributed by atoms with Gasteiger partial charge in [0.25, 0.3) is 0 Å². The molecular weight excluding hydrogens is 863 g/mol. The van der Waals surface area contributed by atoms with Crippen molar-refractivity contribution < 1.29 is 9.47 Å². The number of ether oxygens (including phenoxy) is 2. The van der Waals surface area contributed by atoms with Crippen molar-refractivity contribution in [2.45, 2.75) is 10.8 Å². The number of benzene rings is 11. The van der Waals surface area contributed by atoms with E-state index >= 15 is 0 Å². The first-order chi connectivity index (χ1) is 35.2. The van der Waals surface area contributed by atoms with Crippen LogP contribution in [0.4, 0.5) is 17.1 Å². The summed E-state index contributed by atoms with van der Waals surface area (Å²) < 4.78 is 13.5. The molecule has 2 heterocycles. The molecule has 0 radical (unpaired) electrons. The average molecular weight is 906 g/mol. The zero-order valence-electron chi connectivity index (χ0n) is 38.6. The molecule has 15 rings (SSSR count). The molecule has 4 aliphatic rings. The monoisotopic (exact) mass is 905 g/mol. The van der Waals surface area contributed by atoms with Crippen molar-refractivity contribution in [1.29, 1.82) is 0 Å². The summed E-state index contributed by atoms with van der Waals surface area (Å²) in [5.74, 6) is 3.52. The fourth-order valence-electron chi connectivity index (χ4n) is 13.0. The summed E-state index contributed by atoms with van der Waals surface area (Å²) in [6, 6.07) is 95.2. The Morgan fingerprint density at radius 3 is 1.21 bits per heavy atom. The number of hydrogen-bond donors (Lipinski definition) is 0. The lowest BCUT2D eigenvalue weighted by Crippen LogP contribution is -2.32. The third-order valence-electron chi connectivity index (χ3n) is 15.6. The van der Waals surface area contributed by atoms with Crippen molar-refractivity contribution in [2.24, 2.45) is 0 Å². The number of para-hydroxylation sites is 5. The average Bonchev–Trinajstić information content (AvgIpc) is 3.91. The SMILES string of the molecule is c1ccc(-c2cccc(N(c3ccccc3-c3cccc4c3-c3ccccc3C43c4ccccc4Oc4ccccc43)c3cccc4c3-c3ccccc3C43c4ccccc4Oc4ccccc43)c2)cc1. The van der Waals surface area contributed by atoms with Gasteiger partial charge in [-0.05, 0) is 104 Å². The van der Waals surface area contributed by atoms with E-state index in [2.05, 4.69) is 266 Å². The van der Waals surface area contributed by atoms with Crippen LogP contribution in [0.25, 0.3) is 44.5 Å². The molecule has 0 bridgehead atoms. The van der Waals surface area contributed by atoms with Crippen LogP contribution in [0.2, 0.25) is 0 Å². The molecule has 0 amide bonds. The standard InChI is InChI=1S/C68H43NO2/c1-2-21-44(22-3-1)45-23-18-24-46(43-45)69(60-38-20-36-58-66(60)50-27-5-8-30-52(50)68(58)55-33-11-16-41-63(55)71-64-42-17-12-34-56(64)68)59-37-13-6-25-47(59)48-28-19-35-57-65(48)49-26-4-7-29-51(49)67(57)53-31-9-14-39-61(53)70-62-40-15-10-32-54(62)67/h1-43H. The summed E-state index contributed by atoms with van der Waals surface area (Å²) >= 11 is 0. The molecule has 0 atom stereocenters. The highest BCUT2D eigenvalue weighted by Gasteiger charge is 2.53. The van der Waals surface area contributed by atoms with Gasteiger partial charge in [-0.1, -0.05) is 212 Å². The van der Waals surface area contributed by atoms with Crippen LogP contribution in [-0.2, 0) is 10.8 Å². The van der Waals surface area contributed by atoms with Crippen molar-refractivity contribution >= 4 is 17.1 Å². The fourth-order valence-corrected chi connectivity index (χ4v) is 13.0. The maximum atomic E-state index is 6.76. The van der Waals surface area contributed by atoms with Crippen LogP contribution >= 0.6 is 0 Å². The molecule has 0 aromatic heterocycles. The molecule has 11 aromatic rings. The molecule has 2 aliphatic carbocycles. The Labute approximate surface area is 413 Å². The second-order valence-electron chi connectivity index (χ2n) is 19.0. The molecule has 71 heavy (non-hydrogen) atoms. The van der Waals surface area contributed by atoms with Crippen LogP contribution in [0.15, 0.2) is 261 Å². The minimum absolute atomic E-state index is 0.597. The summed E-state index contributed by atoms with van der Waals surface area (Å²) in [6.45, 7) is 0. The van der Waals surface area contributed by atoms with Crippen LogP contribution in [0.3, 0.4) is 0 Å². The third kappa shape index (κ3) is 5.38. The Bertz CT molecular complexity index is 3890. The summed E-state index contributed by atoms with van der Waals surface area (Å²) in [7, 11) is 0. The van der Waals surface area contributed by atoms with Crippen LogP contribution in [0.1, 0.15) is 44.5 Å². The highest BCUT2D eigenvalue weighted by atomic mass is 16.5. The largest absolute Gasteiger partial charge is 0.457 e. The van der Waals surface area contributed by atoms with E-state index in [9.17, 15) is 0 Å². The highest BCUT2D eigenvalue weighted by molar-refractivity contribution is 6.04. The van der Waals surface area contributed by atoms with Crippen LogP contribution < -0.4 is 14.4 Å². The Kier molecular flexibility index (Phi) is 8.49. The first kappa shape index (κ1) is 39.8. The van der Waals surface area contributed by atoms with E-state index in [1.807, 2.05) is 0 Å². The number of hydrogen-bond acceptors (Lipinski definition) is 3. The molecule has 332 valence electrons. The molecule has 3 nitrogen and oxygen atoms in total. The fraction of sp³-hybridized carbons (Fsp3) is 0.0294. The highest BCUT2D eigenvalue weighted by Crippen LogP contribution is 2.66. The van der Waals surface area contributed by atoms with E-state index in [-0.39, 0.29) is 0 Å². The normalized spacial score (nSPS) is 14.1. The zero-order chi connectivity index (χ0) is 46.7. The minimum atomic E-state index is -0.626. The minimum Gasteiger partial charge on any atom is -0.457 e. The molecule has 11 aromatic carbocycles. The van der Waals surface area contributed by atoms with Crippen LogP contribution in [0, 0.1) is 0 Å². The van der Waals surface area contributed by atoms with E-state index in [1.54, 1.807) is 0 Å². The van der Waals surface area contributed by atoms with Gasteiger partial charge in [0.1, 0.15) is 23.0 Å². The molecule has 2 aliphatic heterocycles. The van der Waals surface area contributed by atoms with E-state index < -0.39 is 10.8 Å². The maximum Gasteiger partial charge on any atom is 0.132 e. The zero-order valence-corrected chi connectivity index (χ0v) is 38.6. The van der Waals surface area contributed by atoms with Crippen LogP contribution in [0.5, 0.6) is 23.0 Å². The number of fused-ring (bicyclic) bond motifs is 18. The molecule has 3 heteroatoms. The maximum absolute atomic E-state index is 6.76. The first-order valence-electron chi connectivity index (χ1n) is 24.5. The van der Waals surface area contributed by atoms with Gasteiger partial charge in [0.15, 0.2) is 0 Å². The van der Waals surface area contributed by atoms with Gasteiger partial charge in [0.2, 0.25) is 0 Å². The van der Waals surface area contributed by atoms with Gasteiger partial charge in [-0.3, -0.25) is 0 Å². The number of nitrogens with zero attached hydrogens (tertiary/aromatic N) is 1. The third-order valence-corrected chi connectivity index (χ3v) is 15.6. The van der Waals surface area contributed by atoms with Crippen molar-refractivity contribution in [3.8, 4) is 67.5 Å². The van der Waals surface area contributed by atoms with Gasteiger partial charge in [-0.15, -0.1) is 0 Å². The molecule has 0 unspecified atom stereocenters. The molecule has 0 N–H and O–H groups in total. The van der Waals surface area contributed by atoms with Gasteiger partial charge < -0.3 is 14.4 Å². The van der Waals surface area contributed by atoms with Crippen molar-refractivity contribution in [1.82, 2.24) is 0 Å². The summed E-state index contributed by atoms with van der Waals surface area (Å²) in [6.07, 6.45) is 0. The Balaban J connectivity index is 1.03. The topological polar surface area (TPSA) is 21.7 Å². The van der Waals surface area contributed by atoms with E-state index in [0.717, 1.165) is 73.4 Å². The lowest BCUT2D eigenvalue weighted by atomic mass is 9.66. The van der Waals surface area contributed by atoms with Gasteiger partial charge >= 0.3 is 0 Å².